The molecule has 148 valence electrons. The first-order valence-corrected chi connectivity index (χ1v) is 9.98. The molecule has 1 aliphatic rings. The maximum Gasteiger partial charge on any atom is 0.261 e. The van der Waals surface area contributed by atoms with E-state index >= 15 is 0 Å². The number of nitrogens with one attached hydrogen (secondary N) is 1. The second kappa shape index (κ2) is 7.73. The number of hydrogen-bond acceptors (Lipinski definition) is 6. The molecule has 0 spiro atoms. The molecule has 0 atom stereocenters. The van der Waals surface area contributed by atoms with Crippen molar-refractivity contribution in [1.82, 2.24) is 9.88 Å². The summed E-state index contributed by atoms with van der Waals surface area (Å²) in [4.78, 5) is 43.4. The lowest BCUT2D eigenvalue weighted by Crippen LogP contribution is -2.31. The number of aromatic nitrogens is 1. The number of methoxy groups -OCH3 is 1. The number of anilines is 1. The molecule has 29 heavy (non-hydrogen) atoms. The number of amides is 3. The van der Waals surface area contributed by atoms with Crippen LogP contribution in [0.15, 0.2) is 36.4 Å². The third kappa shape index (κ3) is 3.52. The van der Waals surface area contributed by atoms with Crippen molar-refractivity contribution in [2.45, 2.75) is 13.3 Å². The van der Waals surface area contributed by atoms with Gasteiger partial charge in [0.15, 0.2) is 5.13 Å². The summed E-state index contributed by atoms with van der Waals surface area (Å²) in [6.07, 6.45) is 0.562. The molecule has 0 aliphatic carbocycles. The minimum absolute atomic E-state index is 0.250. The van der Waals surface area contributed by atoms with Crippen LogP contribution in [0.3, 0.4) is 0 Å². The fourth-order valence-electron chi connectivity index (χ4n) is 3.31. The van der Waals surface area contributed by atoms with Gasteiger partial charge in [-0.3, -0.25) is 24.6 Å². The number of rotatable bonds is 6. The highest BCUT2D eigenvalue weighted by Crippen LogP contribution is 2.29. The van der Waals surface area contributed by atoms with Crippen LogP contribution in [-0.2, 0) is 4.74 Å². The first-order valence-electron chi connectivity index (χ1n) is 9.16. The minimum Gasteiger partial charge on any atom is -0.385 e. The molecular formula is C21H19N3O4S. The van der Waals surface area contributed by atoms with E-state index in [-0.39, 0.29) is 29.8 Å². The molecule has 0 bridgehead atoms. The maximum absolute atomic E-state index is 12.7. The van der Waals surface area contributed by atoms with E-state index in [4.69, 9.17) is 4.74 Å². The lowest BCUT2D eigenvalue weighted by atomic mass is 10.1. The van der Waals surface area contributed by atoms with Crippen molar-refractivity contribution in [3.05, 3.63) is 58.7 Å². The smallest absolute Gasteiger partial charge is 0.261 e. The van der Waals surface area contributed by atoms with Gasteiger partial charge >= 0.3 is 0 Å². The number of ether oxygens (including phenoxy) is 1. The highest BCUT2D eigenvalue weighted by molar-refractivity contribution is 7.22. The van der Waals surface area contributed by atoms with E-state index < -0.39 is 0 Å². The van der Waals surface area contributed by atoms with Gasteiger partial charge in [0, 0.05) is 25.8 Å². The van der Waals surface area contributed by atoms with E-state index in [1.54, 1.807) is 13.2 Å². The number of hydrogen-bond donors (Lipinski definition) is 1. The molecule has 0 saturated carbocycles. The van der Waals surface area contributed by atoms with Crippen molar-refractivity contribution in [2.24, 2.45) is 0 Å². The molecule has 1 aliphatic heterocycles. The lowest BCUT2D eigenvalue weighted by Gasteiger charge is -2.12. The molecule has 8 heteroatoms. The lowest BCUT2D eigenvalue weighted by molar-refractivity contribution is 0.0638. The molecule has 4 rings (SSSR count). The van der Waals surface area contributed by atoms with Gasteiger partial charge < -0.3 is 4.74 Å². The summed E-state index contributed by atoms with van der Waals surface area (Å²) in [6.45, 7) is 2.71. The summed E-state index contributed by atoms with van der Waals surface area (Å²) >= 11 is 1.39. The predicted molar refractivity (Wildman–Crippen MR) is 111 cm³/mol. The molecule has 0 radical (unpaired) electrons. The van der Waals surface area contributed by atoms with Gasteiger partial charge in [-0.25, -0.2) is 4.98 Å². The SMILES string of the molecule is COCCCN1C(=O)c2ccc(C(=O)Nc3nc4c(C)cccc4s3)cc2C1=O. The van der Waals surface area contributed by atoms with Gasteiger partial charge in [0.25, 0.3) is 17.7 Å². The van der Waals surface area contributed by atoms with Crippen LogP contribution < -0.4 is 5.32 Å². The van der Waals surface area contributed by atoms with Gasteiger partial charge in [-0.1, -0.05) is 23.5 Å². The Morgan fingerprint density at radius 2 is 1.97 bits per heavy atom. The van der Waals surface area contributed by atoms with Gasteiger partial charge in [-0.15, -0.1) is 0 Å². The molecule has 0 fully saturated rings. The number of fused-ring (bicyclic) bond motifs is 2. The average Bonchev–Trinajstić information content (AvgIpc) is 3.23. The number of carbonyl (C=O) groups is 3. The summed E-state index contributed by atoms with van der Waals surface area (Å²) < 4.78 is 5.97. The normalized spacial score (nSPS) is 13.2. The molecule has 3 aromatic rings. The van der Waals surface area contributed by atoms with Crippen LogP contribution in [0.4, 0.5) is 5.13 Å². The zero-order chi connectivity index (χ0) is 20.5. The summed E-state index contributed by atoms with van der Waals surface area (Å²) in [5.74, 6) is -1.09. The van der Waals surface area contributed by atoms with Crippen molar-refractivity contribution in [2.75, 3.05) is 25.6 Å². The standard InChI is InChI=1S/C21H19N3O4S/c1-12-5-3-6-16-17(12)22-21(29-16)23-18(25)13-7-8-14-15(11-13)20(27)24(19(14)26)9-4-10-28-2/h3,5-8,11H,4,9-10H2,1-2H3,(H,22,23,25). The Kier molecular flexibility index (Phi) is 5.12. The van der Waals surface area contributed by atoms with Gasteiger partial charge in [0.05, 0.1) is 21.3 Å². The Morgan fingerprint density at radius 1 is 1.17 bits per heavy atom. The molecule has 2 heterocycles. The molecule has 1 aromatic heterocycles. The van der Waals surface area contributed by atoms with Crippen LogP contribution in [0.5, 0.6) is 0 Å². The summed E-state index contributed by atoms with van der Waals surface area (Å²) in [5, 5.41) is 3.28. The monoisotopic (exact) mass is 409 g/mol. The Morgan fingerprint density at radius 3 is 2.72 bits per heavy atom. The van der Waals surface area contributed by atoms with Crippen LogP contribution >= 0.6 is 11.3 Å². The highest BCUT2D eigenvalue weighted by Gasteiger charge is 2.35. The summed E-state index contributed by atoms with van der Waals surface area (Å²) in [7, 11) is 1.57. The third-order valence-electron chi connectivity index (χ3n) is 4.80. The number of thiazole rings is 1. The molecule has 1 N–H and O–H groups in total. The molecule has 3 amide bonds. The zero-order valence-corrected chi connectivity index (χ0v) is 16.8. The van der Waals surface area contributed by atoms with E-state index in [2.05, 4.69) is 10.3 Å². The fraction of sp³-hybridized carbons (Fsp3) is 0.238. The first kappa shape index (κ1) is 19.2. The van der Waals surface area contributed by atoms with E-state index in [0.717, 1.165) is 15.8 Å². The van der Waals surface area contributed by atoms with Gasteiger partial charge in [-0.05, 0) is 43.2 Å². The van der Waals surface area contributed by atoms with Gasteiger partial charge in [-0.2, -0.15) is 0 Å². The molecule has 0 saturated heterocycles. The van der Waals surface area contributed by atoms with Gasteiger partial charge in [0.2, 0.25) is 0 Å². The second-order valence-corrected chi connectivity index (χ2v) is 7.79. The van der Waals surface area contributed by atoms with Crippen LogP contribution in [0.25, 0.3) is 10.2 Å². The number of nitrogens with zero attached hydrogens (tertiary/aromatic N) is 2. The fourth-order valence-corrected chi connectivity index (χ4v) is 4.25. The Hall–Kier alpha value is -3.10. The summed E-state index contributed by atoms with van der Waals surface area (Å²) in [5.41, 5.74) is 2.77. The number of imide groups is 1. The van der Waals surface area contributed by atoms with Crippen molar-refractivity contribution >= 4 is 44.4 Å². The maximum atomic E-state index is 12.7. The van der Waals surface area contributed by atoms with Crippen molar-refractivity contribution in [1.29, 1.82) is 0 Å². The third-order valence-corrected chi connectivity index (χ3v) is 5.74. The second-order valence-electron chi connectivity index (χ2n) is 6.76. The number of benzene rings is 2. The molecule has 7 nitrogen and oxygen atoms in total. The molecule has 2 aromatic carbocycles. The number of aryl methyl sites for hydroxylation is 1. The van der Waals surface area contributed by atoms with Crippen LogP contribution in [-0.4, -0.2) is 47.9 Å². The van der Waals surface area contributed by atoms with Crippen molar-refractivity contribution in [3.63, 3.8) is 0 Å². The quantitative estimate of drug-likeness (QED) is 0.497. The van der Waals surface area contributed by atoms with E-state index in [0.29, 0.717) is 29.3 Å². The number of para-hydroxylation sites is 1. The summed E-state index contributed by atoms with van der Waals surface area (Å²) in [6, 6.07) is 10.4. The minimum atomic E-state index is -0.383. The van der Waals surface area contributed by atoms with Crippen molar-refractivity contribution in [3.8, 4) is 0 Å². The van der Waals surface area contributed by atoms with Crippen LogP contribution in [0.2, 0.25) is 0 Å². The van der Waals surface area contributed by atoms with E-state index in [1.165, 1.54) is 28.4 Å². The molecular weight excluding hydrogens is 390 g/mol. The number of carbonyl (C=O) groups excluding carboxylic acids is 3. The van der Waals surface area contributed by atoms with Crippen LogP contribution in [0.1, 0.15) is 43.1 Å². The highest BCUT2D eigenvalue weighted by atomic mass is 32.1. The Labute approximate surface area is 171 Å². The van der Waals surface area contributed by atoms with E-state index in [9.17, 15) is 14.4 Å². The largest absolute Gasteiger partial charge is 0.385 e. The predicted octanol–water partition coefficient (Wildman–Crippen LogP) is 3.49. The molecule has 0 unspecified atom stereocenters. The van der Waals surface area contributed by atoms with E-state index in [1.807, 2.05) is 25.1 Å². The topological polar surface area (TPSA) is 88.6 Å². The van der Waals surface area contributed by atoms with Crippen molar-refractivity contribution < 1.29 is 19.1 Å². The van der Waals surface area contributed by atoms with Gasteiger partial charge in [0.1, 0.15) is 0 Å². The average molecular weight is 409 g/mol. The first-order chi connectivity index (χ1) is 14.0. The Bertz CT molecular complexity index is 1140. The van der Waals surface area contributed by atoms with Crippen LogP contribution in [0, 0.1) is 6.92 Å². The Balaban J connectivity index is 1.54. The zero-order valence-electron chi connectivity index (χ0n) is 16.0.